The second-order valence-corrected chi connectivity index (χ2v) is 10.1. The van der Waals surface area contributed by atoms with Gasteiger partial charge in [-0.05, 0) is 92.9 Å². The van der Waals surface area contributed by atoms with Crippen LogP contribution in [0.4, 0.5) is 5.00 Å². The van der Waals surface area contributed by atoms with E-state index in [1.165, 1.54) is 4.88 Å². The Morgan fingerprint density at radius 2 is 2.06 bits per heavy atom. The van der Waals surface area contributed by atoms with Crippen molar-refractivity contribution in [2.45, 2.75) is 32.2 Å². The van der Waals surface area contributed by atoms with Gasteiger partial charge in [0.15, 0.2) is 0 Å². The fourth-order valence-electron chi connectivity index (χ4n) is 3.61. The molecule has 0 saturated carbocycles. The molecule has 0 atom stereocenters. The molecule has 0 radical (unpaired) electrons. The molecule has 1 aromatic carbocycles. The van der Waals surface area contributed by atoms with Crippen molar-refractivity contribution in [2.75, 3.05) is 6.61 Å². The van der Waals surface area contributed by atoms with E-state index in [9.17, 15) is 4.79 Å². The van der Waals surface area contributed by atoms with E-state index in [2.05, 4.69) is 43.8 Å². The van der Waals surface area contributed by atoms with Crippen molar-refractivity contribution in [1.82, 2.24) is 5.32 Å². The molecular weight excluding hydrogens is 556 g/mol. The van der Waals surface area contributed by atoms with Crippen molar-refractivity contribution in [1.29, 1.82) is 0 Å². The zero-order valence-corrected chi connectivity index (χ0v) is 21.3. The minimum Gasteiger partial charge on any atom is -0.487 e. The molecule has 1 amide bonds. The molecule has 0 saturated heterocycles. The number of hydrogen-bond donors (Lipinski definition) is 1. The minimum atomic E-state index is -0.108. The Morgan fingerprint density at radius 1 is 1.28 bits per heavy atom. The molecular formula is C24H22Br2N2O3S. The van der Waals surface area contributed by atoms with Crippen LogP contribution in [0.3, 0.4) is 0 Å². The molecule has 5 nitrogen and oxygen atoms in total. The molecule has 0 bridgehead atoms. The quantitative estimate of drug-likeness (QED) is 0.232. The average molecular weight is 578 g/mol. The third-order valence-electron chi connectivity index (χ3n) is 5.08. The molecule has 1 aliphatic rings. The van der Waals surface area contributed by atoms with Crippen molar-refractivity contribution in [3.05, 3.63) is 79.5 Å². The van der Waals surface area contributed by atoms with E-state index >= 15 is 0 Å². The number of carbonyl (C=O) groups is 1. The number of furan rings is 1. The number of ether oxygens (including phenoxy) is 1. The lowest BCUT2D eigenvalue weighted by Crippen LogP contribution is -2.23. The van der Waals surface area contributed by atoms with E-state index in [1.54, 1.807) is 29.9 Å². The van der Waals surface area contributed by atoms with Gasteiger partial charge in [-0.25, -0.2) is 4.99 Å². The second-order valence-electron chi connectivity index (χ2n) is 7.32. The third-order valence-corrected chi connectivity index (χ3v) is 7.46. The SMILES string of the molecule is C=CCOc1c(Br)cc(C=Nc2sc3c(c2C(=O)NCc2ccco2)CCCC3)cc1Br. The standard InChI is InChI=1S/C24H22Br2N2O3S/c1-2-9-31-22-18(25)11-15(12-19(22)26)13-28-24-21(17-7-3-4-8-20(17)32-24)23(29)27-14-16-6-5-10-30-16/h2,5-6,10-13H,1,3-4,7-9,14H2,(H,27,29). The monoisotopic (exact) mass is 576 g/mol. The average Bonchev–Trinajstić information content (AvgIpc) is 3.43. The Labute approximate surface area is 207 Å². The van der Waals surface area contributed by atoms with E-state index in [0.717, 1.165) is 56.5 Å². The van der Waals surface area contributed by atoms with Crippen LogP contribution < -0.4 is 10.1 Å². The van der Waals surface area contributed by atoms with Crippen molar-refractivity contribution in [3.63, 3.8) is 0 Å². The van der Waals surface area contributed by atoms with Gasteiger partial charge in [-0.3, -0.25) is 4.79 Å². The lowest BCUT2D eigenvalue weighted by Gasteiger charge is -2.12. The Hall–Kier alpha value is -2.16. The van der Waals surface area contributed by atoms with E-state index in [1.807, 2.05) is 24.3 Å². The first-order chi connectivity index (χ1) is 15.6. The number of nitrogens with one attached hydrogen (secondary N) is 1. The number of aliphatic imine (C=N–C) groups is 1. The van der Waals surface area contributed by atoms with Crippen LogP contribution in [-0.2, 0) is 19.4 Å². The van der Waals surface area contributed by atoms with Crippen LogP contribution >= 0.6 is 43.2 Å². The Balaban J connectivity index is 1.60. The summed E-state index contributed by atoms with van der Waals surface area (Å²) in [5.74, 6) is 1.33. The molecule has 2 aromatic heterocycles. The van der Waals surface area contributed by atoms with Gasteiger partial charge in [0.25, 0.3) is 5.91 Å². The molecule has 166 valence electrons. The summed E-state index contributed by atoms with van der Waals surface area (Å²) in [6, 6.07) is 7.54. The highest BCUT2D eigenvalue weighted by atomic mass is 79.9. The lowest BCUT2D eigenvalue weighted by atomic mass is 9.95. The molecule has 0 fully saturated rings. The number of halogens is 2. The Kier molecular flexibility index (Phi) is 7.65. The predicted molar refractivity (Wildman–Crippen MR) is 136 cm³/mol. The van der Waals surface area contributed by atoms with E-state index in [0.29, 0.717) is 24.5 Å². The third kappa shape index (κ3) is 5.24. The van der Waals surface area contributed by atoms with Crippen LogP contribution in [0.1, 0.15) is 45.0 Å². The van der Waals surface area contributed by atoms with Gasteiger partial charge >= 0.3 is 0 Å². The summed E-state index contributed by atoms with van der Waals surface area (Å²) in [6.07, 6.45) is 9.25. The number of thiophene rings is 1. The zero-order valence-electron chi connectivity index (χ0n) is 17.3. The van der Waals surface area contributed by atoms with Crippen LogP contribution in [0, 0.1) is 0 Å². The molecule has 1 N–H and O–H groups in total. The van der Waals surface area contributed by atoms with Crippen LogP contribution in [0.15, 0.2) is 61.5 Å². The largest absolute Gasteiger partial charge is 0.487 e. The number of fused-ring (bicyclic) bond motifs is 1. The highest BCUT2D eigenvalue weighted by Crippen LogP contribution is 2.40. The molecule has 3 aromatic rings. The smallest absolute Gasteiger partial charge is 0.255 e. The first-order valence-electron chi connectivity index (χ1n) is 10.3. The summed E-state index contributed by atoms with van der Waals surface area (Å²) in [4.78, 5) is 19.1. The highest BCUT2D eigenvalue weighted by Gasteiger charge is 2.25. The molecule has 0 unspecified atom stereocenters. The maximum absolute atomic E-state index is 13.1. The Morgan fingerprint density at radius 3 is 2.78 bits per heavy atom. The molecule has 8 heteroatoms. The van der Waals surface area contributed by atoms with Gasteiger partial charge in [0.05, 0.1) is 27.3 Å². The van der Waals surface area contributed by atoms with E-state index < -0.39 is 0 Å². The molecule has 4 rings (SSSR count). The van der Waals surface area contributed by atoms with Gasteiger partial charge in [0.1, 0.15) is 23.1 Å². The van der Waals surface area contributed by atoms with Crippen LogP contribution in [0.2, 0.25) is 0 Å². The highest BCUT2D eigenvalue weighted by molar-refractivity contribution is 9.11. The number of carbonyl (C=O) groups excluding carboxylic acids is 1. The number of benzene rings is 1. The summed E-state index contributed by atoms with van der Waals surface area (Å²) in [6.45, 7) is 4.45. The first-order valence-corrected chi connectivity index (χ1v) is 12.7. The fourth-order valence-corrected chi connectivity index (χ4v) is 6.29. The minimum absolute atomic E-state index is 0.108. The van der Waals surface area contributed by atoms with Gasteiger partial charge in [-0.1, -0.05) is 12.7 Å². The first kappa shape index (κ1) is 23.0. The summed E-state index contributed by atoms with van der Waals surface area (Å²) in [5, 5.41) is 3.73. The number of rotatable bonds is 8. The van der Waals surface area contributed by atoms with Gasteiger partial charge in [-0.15, -0.1) is 11.3 Å². The van der Waals surface area contributed by atoms with Gasteiger partial charge in [-0.2, -0.15) is 0 Å². The van der Waals surface area contributed by atoms with Crippen molar-refractivity contribution in [2.24, 2.45) is 4.99 Å². The van der Waals surface area contributed by atoms with Crippen LogP contribution in [0.5, 0.6) is 5.75 Å². The number of amides is 1. The Bertz CT molecular complexity index is 1130. The van der Waals surface area contributed by atoms with Crippen LogP contribution in [-0.4, -0.2) is 18.7 Å². The normalized spacial score (nSPS) is 13.2. The van der Waals surface area contributed by atoms with Crippen molar-refractivity contribution >= 4 is 60.3 Å². The summed E-state index contributed by atoms with van der Waals surface area (Å²) in [5.41, 5.74) is 2.72. The molecule has 0 spiro atoms. The predicted octanol–water partition coefficient (Wildman–Crippen LogP) is 6.99. The lowest BCUT2D eigenvalue weighted by molar-refractivity contribution is 0.0948. The molecule has 2 heterocycles. The summed E-state index contributed by atoms with van der Waals surface area (Å²) in [7, 11) is 0. The van der Waals surface area contributed by atoms with Gasteiger partial charge < -0.3 is 14.5 Å². The van der Waals surface area contributed by atoms with Gasteiger partial charge in [0.2, 0.25) is 0 Å². The summed E-state index contributed by atoms with van der Waals surface area (Å²) < 4.78 is 12.7. The molecule has 32 heavy (non-hydrogen) atoms. The zero-order chi connectivity index (χ0) is 22.5. The maximum atomic E-state index is 13.1. The van der Waals surface area contributed by atoms with Gasteiger partial charge in [0, 0.05) is 11.1 Å². The summed E-state index contributed by atoms with van der Waals surface area (Å²) >= 11 is 8.73. The number of aryl methyl sites for hydroxylation is 1. The molecule has 1 aliphatic carbocycles. The fraction of sp³-hybridized carbons (Fsp3) is 0.250. The number of nitrogens with zero attached hydrogens (tertiary/aromatic N) is 1. The number of hydrogen-bond acceptors (Lipinski definition) is 5. The molecule has 0 aliphatic heterocycles. The van der Waals surface area contributed by atoms with Crippen LogP contribution in [0.25, 0.3) is 0 Å². The maximum Gasteiger partial charge on any atom is 0.255 e. The topological polar surface area (TPSA) is 63.8 Å². The second kappa shape index (κ2) is 10.6. The van der Waals surface area contributed by atoms with Crippen molar-refractivity contribution in [3.8, 4) is 5.75 Å². The van der Waals surface area contributed by atoms with E-state index in [4.69, 9.17) is 14.1 Å². The van der Waals surface area contributed by atoms with Crippen molar-refractivity contribution < 1.29 is 13.9 Å². The van der Waals surface area contributed by atoms with E-state index in [-0.39, 0.29) is 5.91 Å².